The first kappa shape index (κ1) is 31.1. The van der Waals surface area contributed by atoms with Crippen LogP contribution < -0.4 is 25.4 Å². The number of hydrogen-bond donors (Lipinski definition) is 2. The zero-order valence-corrected chi connectivity index (χ0v) is 26.2. The first-order valence-electron chi connectivity index (χ1n) is 15.9. The van der Waals surface area contributed by atoms with Gasteiger partial charge in [0.25, 0.3) is 6.43 Å². The third-order valence-corrected chi connectivity index (χ3v) is 10.2. The van der Waals surface area contributed by atoms with Crippen molar-refractivity contribution in [2.24, 2.45) is 0 Å². The smallest absolute Gasteiger partial charge is 0.319 e. The highest BCUT2D eigenvalue weighted by Gasteiger charge is 2.50. The van der Waals surface area contributed by atoms with Crippen molar-refractivity contribution in [3.63, 3.8) is 0 Å². The molecule has 0 bridgehead atoms. The Labute approximate surface area is 263 Å². The summed E-state index contributed by atoms with van der Waals surface area (Å²) in [5, 5.41) is 3.79. The largest absolute Gasteiger partial charge is 0.472 e. The minimum atomic E-state index is -3.15. The topological polar surface area (TPSA) is 102 Å². The van der Waals surface area contributed by atoms with Gasteiger partial charge in [0.1, 0.15) is 47.1 Å². The van der Waals surface area contributed by atoms with Crippen molar-refractivity contribution in [1.82, 2.24) is 25.2 Å². The maximum absolute atomic E-state index is 16.8. The summed E-state index contributed by atoms with van der Waals surface area (Å²) in [5.41, 5.74) is 2.72. The lowest BCUT2D eigenvalue weighted by molar-refractivity contribution is 0.107. The molecule has 0 saturated carbocycles. The van der Waals surface area contributed by atoms with Crippen LogP contribution in [0.15, 0.2) is 6.07 Å². The molecule has 0 radical (unpaired) electrons. The molecule has 3 aromatic rings. The quantitative estimate of drug-likeness (QED) is 0.266. The van der Waals surface area contributed by atoms with E-state index in [1.165, 1.54) is 6.92 Å². The highest BCUT2D eigenvalue weighted by molar-refractivity contribution is 5.97. The van der Waals surface area contributed by atoms with Crippen LogP contribution in [0.4, 0.5) is 33.5 Å². The van der Waals surface area contributed by atoms with Crippen molar-refractivity contribution >= 4 is 22.4 Å². The lowest BCUT2D eigenvalue weighted by Crippen LogP contribution is -2.65. The average molecular weight is 648 g/mol. The summed E-state index contributed by atoms with van der Waals surface area (Å²) in [6, 6.07) is 0.619. The molecular weight excluding hydrogens is 609 g/mol. The van der Waals surface area contributed by atoms with Gasteiger partial charge in [0, 0.05) is 42.7 Å². The Kier molecular flexibility index (Phi) is 7.65. The van der Waals surface area contributed by atoms with E-state index in [2.05, 4.69) is 32.0 Å². The number of anilines is 2. The molecule has 0 amide bonds. The van der Waals surface area contributed by atoms with E-state index in [1.54, 1.807) is 0 Å². The van der Waals surface area contributed by atoms with Crippen LogP contribution in [0.25, 0.3) is 22.2 Å². The number of fused-ring (bicyclic) bond motifs is 3. The lowest BCUT2D eigenvalue weighted by atomic mass is 9.94. The molecule has 46 heavy (non-hydrogen) atoms. The molecule has 3 saturated heterocycles. The Balaban J connectivity index is 1.44. The van der Waals surface area contributed by atoms with Crippen molar-refractivity contribution in [3.8, 4) is 23.1 Å². The van der Waals surface area contributed by atoms with Gasteiger partial charge in [-0.15, -0.1) is 0 Å². The second-order valence-electron chi connectivity index (χ2n) is 13.2. The molecule has 4 aliphatic heterocycles. The maximum atomic E-state index is 16.8. The average Bonchev–Trinajstić information content (AvgIpc) is 3.50. The molecule has 248 valence electrons. The molecule has 7 rings (SSSR count). The van der Waals surface area contributed by atoms with Crippen LogP contribution in [0.5, 0.6) is 11.9 Å². The second kappa shape index (κ2) is 11.3. The van der Waals surface area contributed by atoms with Gasteiger partial charge in [-0.1, -0.05) is 6.92 Å². The van der Waals surface area contributed by atoms with Crippen molar-refractivity contribution < 1.29 is 31.4 Å². The number of nitrogens with two attached hydrogens (primary N) is 1. The third kappa shape index (κ3) is 4.81. The molecule has 3 N–H and O–H groups in total. The normalized spacial score (nSPS) is 29.2. The standard InChI is InChI=1S/C32H38F5N7O2/c1-5-20-27-16(4)46-30-22-26(24(35)25(40-30)18-9-19(38)23(34)15(3)21(18)28(36)37)41-31(42-29(22)44(27)11-14(2)39-20)45-13-32-7-6-8-43(32)12-17(33)10-32/h9,14,16-17,20,27-28,39H,5-8,10-13,38H2,1-4H3/t14-,16?,17-,20+,27?,32+/m1/s1. The van der Waals surface area contributed by atoms with Gasteiger partial charge in [0.2, 0.25) is 5.88 Å². The number of benzene rings is 1. The molecule has 4 aliphatic rings. The molecule has 6 atom stereocenters. The molecule has 2 aromatic heterocycles. The number of ether oxygens (including phenoxy) is 2. The Morgan fingerprint density at radius 2 is 1.96 bits per heavy atom. The molecule has 2 unspecified atom stereocenters. The number of rotatable bonds is 6. The van der Waals surface area contributed by atoms with E-state index < -0.39 is 58.4 Å². The number of pyridine rings is 1. The van der Waals surface area contributed by atoms with Crippen LogP contribution in [-0.4, -0.2) is 82.0 Å². The van der Waals surface area contributed by atoms with Crippen LogP contribution in [-0.2, 0) is 0 Å². The van der Waals surface area contributed by atoms with Crippen LogP contribution in [0.3, 0.4) is 0 Å². The van der Waals surface area contributed by atoms with Crippen LogP contribution >= 0.6 is 0 Å². The number of alkyl halides is 3. The van der Waals surface area contributed by atoms with Gasteiger partial charge < -0.3 is 25.4 Å². The number of nitrogens with one attached hydrogen (secondary N) is 1. The monoisotopic (exact) mass is 647 g/mol. The minimum Gasteiger partial charge on any atom is -0.472 e. The highest BCUT2D eigenvalue weighted by Crippen LogP contribution is 2.46. The van der Waals surface area contributed by atoms with E-state index in [1.807, 2.05) is 13.8 Å². The fourth-order valence-electron chi connectivity index (χ4n) is 8.16. The molecule has 14 heteroatoms. The Morgan fingerprint density at radius 3 is 2.70 bits per heavy atom. The van der Waals surface area contributed by atoms with E-state index in [9.17, 15) is 17.6 Å². The van der Waals surface area contributed by atoms with E-state index in [-0.39, 0.29) is 53.1 Å². The lowest BCUT2D eigenvalue weighted by Gasteiger charge is -2.46. The number of halogens is 5. The van der Waals surface area contributed by atoms with Gasteiger partial charge in [-0.05, 0) is 58.2 Å². The van der Waals surface area contributed by atoms with Gasteiger partial charge in [-0.2, -0.15) is 9.97 Å². The van der Waals surface area contributed by atoms with Gasteiger partial charge in [0.15, 0.2) is 5.82 Å². The summed E-state index contributed by atoms with van der Waals surface area (Å²) in [7, 11) is 0. The van der Waals surface area contributed by atoms with E-state index in [4.69, 9.17) is 20.2 Å². The van der Waals surface area contributed by atoms with Gasteiger partial charge in [-0.3, -0.25) is 4.90 Å². The summed E-state index contributed by atoms with van der Waals surface area (Å²) in [5.74, 6) is -1.70. The van der Waals surface area contributed by atoms with Gasteiger partial charge in [-0.25, -0.2) is 26.9 Å². The summed E-state index contributed by atoms with van der Waals surface area (Å²) in [6.45, 7) is 8.86. The maximum Gasteiger partial charge on any atom is 0.319 e. The predicted octanol–water partition coefficient (Wildman–Crippen LogP) is 5.48. The van der Waals surface area contributed by atoms with Gasteiger partial charge in [0.05, 0.1) is 17.3 Å². The van der Waals surface area contributed by atoms with Crippen LogP contribution in [0, 0.1) is 18.6 Å². The third-order valence-electron chi connectivity index (χ3n) is 10.2. The van der Waals surface area contributed by atoms with E-state index in [0.717, 1.165) is 31.9 Å². The minimum absolute atomic E-state index is 0.0253. The van der Waals surface area contributed by atoms with Crippen molar-refractivity contribution in [2.75, 3.05) is 36.9 Å². The van der Waals surface area contributed by atoms with Crippen molar-refractivity contribution in [1.29, 1.82) is 0 Å². The predicted molar refractivity (Wildman–Crippen MR) is 163 cm³/mol. The van der Waals surface area contributed by atoms with Crippen molar-refractivity contribution in [2.45, 2.75) is 95.7 Å². The van der Waals surface area contributed by atoms with Crippen LogP contribution in [0.1, 0.15) is 64.0 Å². The molecule has 3 fully saturated rings. The van der Waals surface area contributed by atoms with E-state index >= 15 is 4.39 Å². The van der Waals surface area contributed by atoms with E-state index in [0.29, 0.717) is 25.3 Å². The first-order chi connectivity index (χ1) is 21.9. The second-order valence-corrected chi connectivity index (χ2v) is 13.2. The SMILES string of the molecule is CC[C@@H]1N[C@H](C)CN2c3nc(OC[C@@]45CCCN4C[C@H](F)C5)nc4c(F)c(-c5cc(N)c(F)c(C)c5C(F)F)nc(c34)OC(C)C12. The number of piperazine rings is 1. The summed E-state index contributed by atoms with van der Waals surface area (Å²) >= 11 is 0. The zero-order chi connectivity index (χ0) is 32.7. The Hall–Kier alpha value is -3.52. The van der Waals surface area contributed by atoms with Crippen molar-refractivity contribution in [3.05, 3.63) is 28.8 Å². The van der Waals surface area contributed by atoms with Gasteiger partial charge >= 0.3 is 6.01 Å². The molecule has 6 heterocycles. The molecule has 9 nitrogen and oxygen atoms in total. The Bertz CT molecular complexity index is 1700. The number of nitrogens with zero attached hydrogens (tertiary/aromatic N) is 5. The zero-order valence-electron chi connectivity index (χ0n) is 26.2. The Morgan fingerprint density at radius 1 is 1.17 bits per heavy atom. The fraction of sp³-hybridized carbons (Fsp3) is 0.594. The molecular formula is C32H38F5N7O2. The number of nitrogen functional groups attached to an aromatic ring is 1. The van der Waals surface area contributed by atoms with Crippen LogP contribution in [0.2, 0.25) is 0 Å². The summed E-state index contributed by atoms with van der Waals surface area (Å²) in [4.78, 5) is 17.9. The molecule has 0 aliphatic carbocycles. The number of aromatic nitrogens is 3. The molecule has 1 aromatic carbocycles. The fourth-order valence-corrected chi connectivity index (χ4v) is 8.16. The highest BCUT2D eigenvalue weighted by atomic mass is 19.3. The summed E-state index contributed by atoms with van der Waals surface area (Å²) in [6.07, 6.45) is -1.86. The number of hydrogen-bond acceptors (Lipinski definition) is 9. The first-order valence-corrected chi connectivity index (χ1v) is 15.9. The summed E-state index contributed by atoms with van der Waals surface area (Å²) < 4.78 is 87.4. The molecule has 0 spiro atoms.